The number of halogens is 2. The van der Waals surface area contributed by atoms with E-state index in [1.54, 1.807) is 4.90 Å². The lowest BCUT2D eigenvalue weighted by atomic mass is 9.67. The summed E-state index contributed by atoms with van der Waals surface area (Å²) in [5.41, 5.74) is 6.00. The molecular formula is C15H30Cl2N4O. The summed E-state index contributed by atoms with van der Waals surface area (Å²) in [6.07, 6.45) is 8.22. The van der Waals surface area contributed by atoms with Crippen molar-refractivity contribution >= 4 is 30.8 Å². The number of carbonyl (C=O) groups is 1. The van der Waals surface area contributed by atoms with Crippen molar-refractivity contribution in [3.05, 3.63) is 0 Å². The Morgan fingerprint density at radius 1 is 0.955 bits per heavy atom. The van der Waals surface area contributed by atoms with E-state index < -0.39 is 0 Å². The van der Waals surface area contributed by atoms with Crippen LogP contribution < -0.4 is 11.1 Å². The highest BCUT2D eigenvalue weighted by Crippen LogP contribution is 2.44. The summed E-state index contributed by atoms with van der Waals surface area (Å²) in [5.74, 6) is 0. The van der Waals surface area contributed by atoms with Crippen LogP contribution in [0.4, 0.5) is 4.79 Å². The van der Waals surface area contributed by atoms with Crippen molar-refractivity contribution in [2.45, 2.75) is 44.6 Å². The molecule has 3 fully saturated rings. The zero-order valence-corrected chi connectivity index (χ0v) is 14.9. The predicted molar refractivity (Wildman–Crippen MR) is 94.0 cm³/mol. The molecule has 0 unspecified atom stereocenters. The van der Waals surface area contributed by atoms with Gasteiger partial charge in [-0.2, -0.15) is 0 Å². The van der Waals surface area contributed by atoms with Crippen LogP contribution >= 0.6 is 24.8 Å². The first-order valence-electron chi connectivity index (χ1n) is 8.18. The Bertz CT molecular complexity index is 345. The van der Waals surface area contributed by atoms with Crippen LogP contribution in [0.1, 0.15) is 38.5 Å². The maximum Gasteiger partial charge on any atom is 0.314 e. The van der Waals surface area contributed by atoms with E-state index in [4.69, 9.17) is 5.73 Å². The molecule has 5 nitrogen and oxygen atoms in total. The van der Waals surface area contributed by atoms with E-state index in [1.165, 1.54) is 51.6 Å². The third-order valence-electron chi connectivity index (χ3n) is 5.82. The van der Waals surface area contributed by atoms with E-state index >= 15 is 0 Å². The van der Waals surface area contributed by atoms with Gasteiger partial charge >= 0.3 is 6.03 Å². The van der Waals surface area contributed by atoms with Crippen molar-refractivity contribution in [3.63, 3.8) is 0 Å². The number of amides is 2. The van der Waals surface area contributed by atoms with E-state index in [1.807, 2.05) is 0 Å². The second kappa shape index (κ2) is 8.57. The quantitative estimate of drug-likeness (QED) is 0.756. The number of piperazine rings is 1. The molecule has 3 N–H and O–H groups in total. The number of nitrogens with zero attached hydrogens (tertiary/aromatic N) is 2. The summed E-state index contributed by atoms with van der Waals surface area (Å²) in [6, 6.07) is 0.479. The van der Waals surface area contributed by atoms with Crippen molar-refractivity contribution in [1.29, 1.82) is 0 Å². The maximum atomic E-state index is 11.2. The van der Waals surface area contributed by atoms with Crippen LogP contribution in [0.2, 0.25) is 0 Å². The number of carbonyl (C=O) groups excluding carboxylic acids is 1. The van der Waals surface area contributed by atoms with E-state index in [9.17, 15) is 4.79 Å². The average Bonchev–Trinajstić information content (AvgIpc) is 2.49. The molecule has 1 saturated carbocycles. The Morgan fingerprint density at radius 2 is 1.50 bits per heavy atom. The molecule has 7 heteroatoms. The summed E-state index contributed by atoms with van der Waals surface area (Å²) in [5, 5.41) is 3.49. The Hall–Kier alpha value is -0.230. The van der Waals surface area contributed by atoms with Gasteiger partial charge in [0, 0.05) is 32.2 Å². The zero-order valence-electron chi connectivity index (χ0n) is 13.3. The van der Waals surface area contributed by atoms with E-state index in [0.29, 0.717) is 5.41 Å². The fourth-order valence-electron chi connectivity index (χ4n) is 4.34. The van der Waals surface area contributed by atoms with Crippen LogP contribution in [0, 0.1) is 5.41 Å². The number of primary amides is 1. The van der Waals surface area contributed by atoms with E-state index in [-0.39, 0.29) is 30.8 Å². The number of rotatable bonds is 1. The summed E-state index contributed by atoms with van der Waals surface area (Å²) in [7, 11) is 0. The summed E-state index contributed by atoms with van der Waals surface area (Å²) in [4.78, 5) is 15.5. The van der Waals surface area contributed by atoms with Gasteiger partial charge in [-0.3, -0.25) is 4.90 Å². The molecule has 3 rings (SSSR count). The summed E-state index contributed by atoms with van der Waals surface area (Å²) < 4.78 is 0. The van der Waals surface area contributed by atoms with Gasteiger partial charge in [0.1, 0.15) is 0 Å². The smallest absolute Gasteiger partial charge is 0.314 e. The first-order chi connectivity index (χ1) is 9.69. The van der Waals surface area contributed by atoms with Gasteiger partial charge in [0.2, 0.25) is 0 Å². The number of hydrogen-bond donors (Lipinski definition) is 2. The first-order valence-corrected chi connectivity index (χ1v) is 8.18. The van der Waals surface area contributed by atoms with Gasteiger partial charge < -0.3 is 16.0 Å². The normalized spacial score (nSPS) is 26.1. The summed E-state index contributed by atoms with van der Waals surface area (Å²) >= 11 is 0. The topological polar surface area (TPSA) is 61.6 Å². The molecule has 2 heterocycles. The number of hydrogen-bond acceptors (Lipinski definition) is 3. The second-order valence-corrected chi connectivity index (χ2v) is 6.84. The van der Waals surface area contributed by atoms with Crippen LogP contribution in [-0.2, 0) is 0 Å². The molecule has 130 valence electrons. The van der Waals surface area contributed by atoms with Crippen molar-refractivity contribution in [2.75, 3.05) is 39.3 Å². The minimum absolute atomic E-state index is 0. The number of nitrogens with two attached hydrogens (primary N) is 1. The van der Waals surface area contributed by atoms with Crippen molar-refractivity contribution in [2.24, 2.45) is 11.1 Å². The highest BCUT2D eigenvalue weighted by Gasteiger charge is 2.38. The lowest BCUT2D eigenvalue weighted by Gasteiger charge is -2.47. The molecule has 0 aromatic carbocycles. The van der Waals surface area contributed by atoms with Crippen molar-refractivity contribution in [3.8, 4) is 0 Å². The molecule has 1 aliphatic carbocycles. The SMILES string of the molecule is Cl.Cl.NC(=O)N1CCN(C2CCC3(CCNCC3)CC2)CC1. The Kier molecular flexibility index (Phi) is 7.72. The van der Waals surface area contributed by atoms with Crippen LogP contribution in [0.15, 0.2) is 0 Å². The van der Waals surface area contributed by atoms with Crippen LogP contribution in [0.3, 0.4) is 0 Å². The summed E-state index contributed by atoms with van der Waals surface area (Å²) in [6.45, 7) is 6.04. The van der Waals surface area contributed by atoms with Gasteiger partial charge in [0.25, 0.3) is 0 Å². The van der Waals surface area contributed by atoms with Crippen LogP contribution in [0.5, 0.6) is 0 Å². The van der Waals surface area contributed by atoms with Gasteiger partial charge in [-0.15, -0.1) is 24.8 Å². The first kappa shape index (κ1) is 19.8. The second-order valence-electron chi connectivity index (χ2n) is 6.84. The number of nitrogens with one attached hydrogen (secondary N) is 1. The highest BCUT2D eigenvalue weighted by atomic mass is 35.5. The predicted octanol–water partition coefficient (Wildman–Crippen LogP) is 1.84. The van der Waals surface area contributed by atoms with Gasteiger partial charge in [-0.1, -0.05) is 0 Å². The Balaban J connectivity index is 0.00000121. The molecule has 3 aliphatic rings. The Morgan fingerprint density at radius 3 is 2.00 bits per heavy atom. The minimum Gasteiger partial charge on any atom is -0.351 e. The van der Waals surface area contributed by atoms with Crippen LogP contribution in [-0.4, -0.2) is 61.1 Å². The number of piperidine rings is 1. The molecule has 0 atom stereocenters. The lowest BCUT2D eigenvalue weighted by Crippen LogP contribution is -2.54. The molecule has 2 amide bonds. The average molecular weight is 353 g/mol. The van der Waals surface area contributed by atoms with Crippen molar-refractivity contribution < 1.29 is 4.79 Å². The van der Waals surface area contributed by atoms with Crippen LogP contribution in [0.25, 0.3) is 0 Å². The van der Waals surface area contributed by atoms with E-state index in [2.05, 4.69) is 10.2 Å². The van der Waals surface area contributed by atoms with Gasteiger partial charge in [-0.05, 0) is 57.0 Å². The largest absolute Gasteiger partial charge is 0.351 e. The third-order valence-corrected chi connectivity index (χ3v) is 5.82. The Labute approximate surface area is 146 Å². The molecule has 0 aromatic rings. The molecule has 0 radical (unpaired) electrons. The molecule has 0 bridgehead atoms. The molecule has 1 spiro atoms. The maximum absolute atomic E-state index is 11.2. The van der Waals surface area contributed by atoms with E-state index in [0.717, 1.165) is 32.2 Å². The standard InChI is InChI=1S/C15H28N4O.2ClH/c16-14(20)19-11-9-18(10-12-19)13-1-3-15(4-2-13)5-7-17-8-6-15;;/h13,17H,1-12H2,(H2,16,20);2*1H. The molecule has 22 heavy (non-hydrogen) atoms. The fourth-order valence-corrected chi connectivity index (χ4v) is 4.34. The van der Waals surface area contributed by atoms with Gasteiger partial charge in [0.15, 0.2) is 0 Å². The molecule has 0 aromatic heterocycles. The lowest BCUT2D eigenvalue weighted by molar-refractivity contribution is 0.0442. The minimum atomic E-state index is -0.262. The number of urea groups is 1. The molecule has 2 aliphatic heterocycles. The van der Waals surface area contributed by atoms with Gasteiger partial charge in [-0.25, -0.2) is 4.79 Å². The van der Waals surface area contributed by atoms with Crippen molar-refractivity contribution in [1.82, 2.24) is 15.1 Å². The molecular weight excluding hydrogens is 323 g/mol. The monoisotopic (exact) mass is 352 g/mol. The van der Waals surface area contributed by atoms with Gasteiger partial charge in [0.05, 0.1) is 0 Å². The third kappa shape index (κ3) is 4.40. The zero-order chi connectivity index (χ0) is 14.0. The fraction of sp³-hybridized carbons (Fsp3) is 0.933. The highest BCUT2D eigenvalue weighted by molar-refractivity contribution is 5.85. The molecule has 2 saturated heterocycles.